The van der Waals surface area contributed by atoms with Gasteiger partial charge in [0.1, 0.15) is 5.75 Å². The molecule has 0 bridgehead atoms. The van der Waals surface area contributed by atoms with Gasteiger partial charge in [0.2, 0.25) is 0 Å². The number of morpholine rings is 1. The molecule has 4 aromatic carbocycles. The standard InChI is InChI=1S/C32H31N3O4/c1-22-6-13-27(34-32(37)25-11-14-28(15-12-25)35-16-18-39-19-17-35)21-30(22)23-7-9-24(10-8-23)31(36)33-26-4-3-5-29(20-26)38-2/h3-15,20-21H,16-19H2,1-2H3,(H,33,36)(H,34,37). The Kier molecular flexibility index (Phi) is 7.89. The molecular weight excluding hydrogens is 490 g/mol. The fourth-order valence-electron chi connectivity index (χ4n) is 4.56. The monoisotopic (exact) mass is 521 g/mol. The van der Waals surface area contributed by atoms with E-state index < -0.39 is 0 Å². The number of anilines is 3. The average Bonchev–Trinajstić information content (AvgIpc) is 2.99. The van der Waals surface area contributed by atoms with E-state index in [1.54, 1.807) is 25.3 Å². The number of carbonyl (C=O) groups excluding carboxylic acids is 2. The van der Waals surface area contributed by atoms with Gasteiger partial charge in [0.15, 0.2) is 0 Å². The number of benzene rings is 4. The van der Waals surface area contributed by atoms with Crippen molar-refractivity contribution in [1.82, 2.24) is 0 Å². The number of amides is 2. The van der Waals surface area contributed by atoms with Crippen LogP contribution in [0.15, 0.2) is 91.0 Å². The van der Waals surface area contributed by atoms with Crippen LogP contribution < -0.4 is 20.3 Å². The van der Waals surface area contributed by atoms with Crippen molar-refractivity contribution in [3.05, 3.63) is 108 Å². The van der Waals surface area contributed by atoms with Crippen molar-refractivity contribution >= 4 is 28.9 Å². The number of nitrogens with zero attached hydrogens (tertiary/aromatic N) is 1. The minimum Gasteiger partial charge on any atom is -0.497 e. The van der Waals surface area contributed by atoms with E-state index in [-0.39, 0.29) is 11.8 Å². The van der Waals surface area contributed by atoms with Crippen LogP contribution in [0.2, 0.25) is 0 Å². The molecule has 198 valence electrons. The third-order valence-electron chi connectivity index (χ3n) is 6.79. The number of aryl methyl sites for hydroxylation is 1. The van der Waals surface area contributed by atoms with Crippen LogP contribution in [-0.2, 0) is 4.74 Å². The topological polar surface area (TPSA) is 79.9 Å². The fourth-order valence-corrected chi connectivity index (χ4v) is 4.56. The Morgan fingerprint density at radius 3 is 2.03 bits per heavy atom. The van der Waals surface area contributed by atoms with Crippen LogP contribution >= 0.6 is 0 Å². The third kappa shape index (κ3) is 6.27. The first kappa shape index (κ1) is 26.0. The molecule has 7 heteroatoms. The number of ether oxygens (including phenoxy) is 2. The number of hydrogen-bond donors (Lipinski definition) is 2. The summed E-state index contributed by atoms with van der Waals surface area (Å²) in [6.07, 6.45) is 0. The predicted molar refractivity (Wildman–Crippen MR) is 155 cm³/mol. The number of nitrogens with one attached hydrogen (secondary N) is 2. The highest BCUT2D eigenvalue weighted by atomic mass is 16.5. The molecule has 7 nitrogen and oxygen atoms in total. The van der Waals surface area contributed by atoms with Crippen molar-refractivity contribution in [2.75, 3.05) is 48.9 Å². The zero-order valence-electron chi connectivity index (χ0n) is 22.1. The van der Waals surface area contributed by atoms with Gasteiger partial charge in [-0.1, -0.05) is 24.3 Å². The zero-order chi connectivity index (χ0) is 27.2. The van der Waals surface area contributed by atoms with Gasteiger partial charge in [0.05, 0.1) is 20.3 Å². The third-order valence-corrected chi connectivity index (χ3v) is 6.79. The molecule has 1 heterocycles. The molecular formula is C32H31N3O4. The van der Waals surface area contributed by atoms with Gasteiger partial charge in [0.25, 0.3) is 11.8 Å². The molecule has 0 spiro atoms. The summed E-state index contributed by atoms with van der Waals surface area (Å²) in [5.41, 5.74) is 6.61. The molecule has 5 rings (SSSR count). The van der Waals surface area contributed by atoms with E-state index in [0.29, 0.717) is 28.3 Å². The quantitative estimate of drug-likeness (QED) is 0.311. The van der Waals surface area contributed by atoms with Crippen LogP contribution in [0, 0.1) is 6.92 Å². The zero-order valence-corrected chi connectivity index (χ0v) is 22.1. The van der Waals surface area contributed by atoms with Gasteiger partial charge in [-0.25, -0.2) is 0 Å². The van der Waals surface area contributed by atoms with Crippen molar-refractivity contribution in [2.24, 2.45) is 0 Å². The lowest BCUT2D eigenvalue weighted by Crippen LogP contribution is -2.36. The summed E-state index contributed by atoms with van der Waals surface area (Å²) in [6.45, 7) is 5.17. The Bertz CT molecular complexity index is 1460. The largest absolute Gasteiger partial charge is 0.497 e. The molecule has 1 saturated heterocycles. The van der Waals surface area contributed by atoms with E-state index in [2.05, 4.69) is 15.5 Å². The van der Waals surface area contributed by atoms with Gasteiger partial charge in [-0.15, -0.1) is 0 Å². The van der Waals surface area contributed by atoms with E-state index in [1.165, 1.54) is 0 Å². The van der Waals surface area contributed by atoms with E-state index in [4.69, 9.17) is 9.47 Å². The van der Waals surface area contributed by atoms with Crippen molar-refractivity contribution in [3.63, 3.8) is 0 Å². The predicted octanol–water partition coefficient (Wildman–Crippen LogP) is 6.01. The van der Waals surface area contributed by atoms with Crippen molar-refractivity contribution in [1.29, 1.82) is 0 Å². The number of methoxy groups -OCH3 is 1. The highest BCUT2D eigenvalue weighted by Crippen LogP contribution is 2.28. The maximum atomic E-state index is 12.9. The summed E-state index contributed by atoms with van der Waals surface area (Å²) in [5.74, 6) is 0.311. The maximum absolute atomic E-state index is 12.9. The summed E-state index contributed by atoms with van der Waals surface area (Å²) < 4.78 is 10.6. The molecule has 0 saturated carbocycles. The minimum absolute atomic E-state index is 0.164. The first-order valence-electron chi connectivity index (χ1n) is 12.9. The Morgan fingerprint density at radius 2 is 1.38 bits per heavy atom. The Balaban J connectivity index is 1.26. The first-order valence-corrected chi connectivity index (χ1v) is 12.9. The maximum Gasteiger partial charge on any atom is 0.255 e. The highest BCUT2D eigenvalue weighted by Gasteiger charge is 2.14. The number of hydrogen-bond acceptors (Lipinski definition) is 5. The minimum atomic E-state index is -0.202. The highest BCUT2D eigenvalue weighted by molar-refractivity contribution is 6.05. The summed E-state index contributed by atoms with van der Waals surface area (Å²) in [5, 5.41) is 5.91. The molecule has 1 aliphatic rings. The summed E-state index contributed by atoms with van der Waals surface area (Å²) in [4.78, 5) is 27.9. The molecule has 39 heavy (non-hydrogen) atoms. The molecule has 1 aliphatic heterocycles. The van der Waals surface area contributed by atoms with E-state index in [0.717, 1.165) is 48.7 Å². The SMILES string of the molecule is COc1cccc(NC(=O)c2ccc(-c3cc(NC(=O)c4ccc(N5CCOCC5)cc4)ccc3C)cc2)c1. The molecule has 0 unspecified atom stereocenters. The number of rotatable bonds is 7. The first-order chi connectivity index (χ1) is 19.0. The smallest absolute Gasteiger partial charge is 0.255 e. The fraction of sp³-hybridized carbons (Fsp3) is 0.188. The molecule has 0 aromatic heterocycles. The normalized spacial score (nSPS) is 13.0. The lowest BCUT2D eigenvalue weighted by molar-refractivity contribution is 0.101. The second-order valence-electron chi connectivity index (χ2n) is 9.39. The molecule has 0 atom stereocenters. The van der Waals surface area contributed by atoms with Crippen LogP contribution in [0.1, 0.15) is 26.3 Å². The van der Waals surface area contributed by atoms with Crippen LogP contribution in [0.25, 0.3) is 11.1 Å². The number of carbonyl (C=O) groups is 2. The molecule has 2 N–H and O–H groups in total. The van der Waals surface area contributed by atoms with Gasteiger partial charge < -0.3 is 25.0 Å². The lowest BCUT2D eigenvalue weighted by Gasteiger charge is -2.28. The molecule has 0 radical (unpaired) electrons. The molecule has 4 aromatic rings. The van der Waals surface area contributed by atoms with Crippen LogP contribution in [-0.4, -0.2) is 45.2 Å². The Hall–Kier alpha value is -4.62. The summed E-state index contributed by atoms with van der Waals surface area (Å²) in [6, 6.07) is 28.2. The second-order valence-corrected chi connectivity index (χ2v) is 9.39. The van der Waals surface area contributed by atoms with Crippen molar-refractivity contribution in [2.45, 2.75) is 6.92 Å². The van der Waals surface area contributed by atoms with Crippen LogP contribution in [0.4, 0.5) is 17.1 Å². The summed E-state index contributed by atoms with van der Waals surface area (Å²) in [7, 11) is 1.59. The van der Waals surface area contributed by atoms with Crippen LogP contribution in [0.5, 0.6) is 5.75 Å². The molecule has 0 aliphatic carbocycles. The second kappa shape index (κ2) is 11.8. The van der Waals surface area contributed by atoms with Gasteiger partial charge in [-0.05, 0) is 84.3 Å². The van der Waals surface area contributed by atoms with Crippen LogP contribution in [0.3, 0.4) is 0 Å². The average molecular weight is 522 g/mol. The van der Waals surface area contributed by atoms with Gasteiger partial charge >= 0.3 is 0 Å². The van der Waals surface area contributed by atoms with Gasteiger partial charge in [-0.3, -0.25) is 9.59 Å². The lowest BCUT2D eigenvalue weighted by atomic mass is 9.98. The van der Waals surface area contributed by atoms with E-state index in [1.807, 2.05) is 79.7 Å². The summed E-state index contributed by atoms with van der Waals surface area (Å²) >= 11 is 0. The molecule has 1 fully saturated rings. The Labute approximate surface area is 228 Å². The van der Waals surface area contributed by atoms with Gasteiger partial charge in [0, 0.05) is 47.3 Å². The van der Waals surface area contributed by atoms with Gasteiger partial charge in [-0.2, -0.15) is 0 Å². The van der Waals surface area contributed by atoms with E-state index in [9.17, 15) is 9.59 Å². The Morgan fingerprint density at radius 1 is 0.769 bits per heavy atom. The van der Waals surface area contributed by atoms with Crippen molar-refractivity contribution in [3.8, 4) is 16.9 Å². The molecule has 2 amide bonds. The van der Waals surface area contributed by atoms with E-state index >= 15 is 0 Å². The van der Waals surface area contributed by atoms with Crippen molar-refractivity contribution < 1.29 is 19.1 Å².